The summed E-state index contributed by atoms with van der Waals surface area (Å²) in [5, 5.41) is 3.00. The normalized spacial score (nSPS) is 10.5. The summed E-state index contributed by atoms with van der Waals surface area (Å²) in [6, 6.07) is 28.6. The van der Waals surface area contributed by atoms with Gasteiger partial charge in [-0.1, -0.05) is 66.7 Å². The van der Waals surface area contributed by atoms with Crippen molar-refractivity contribution in [2.75, 3.05) is 35.0 Å². The van der Waals surface area contributed by atoms with Crippen LogP contribution < -0.4 is 24.3 Å². The Morgan fingerprint density at radius 1 is 0.632 bits per heavy atom. The fourth-order valence-corrected chi connectivity index (χ4v) is 4.43. The van der Waals surface area contributed by atoms with Crippen molar-refractivity contribution in [2.24, 2.45) is 0 Å². The molecule has 6 heteroatoms. The first-order valence-corrected chi connectivity index (χ1v) is 12.4. The molecule has 0 aliphatic carbocycles. The van der Waals surface area contributed by atoms with Gasteiger partial charge in [0.2, 0.25) is 11.7 Å². The van der Waals surface area contributed by atoms with Crippen LogP contribution in [0.3, 0.4) is 0 Å². The van der Waals surface area contributed by atoms with E-state index in [4.69, 9.17) is 18.9 Å². The first-order chi connectivity index (χ1) is 18.6. The van der Waals surface area contributed by atoms with Crippen LogP contribution in [0.1, 0.15) is 11.1 Å². The molecule has 0 unspecified atom stereocenters. The van der Waals surface area contributed by atoms with E-state index < -0.39 is 0 Å². The van der Waals surface area contributed by atoms with Crippen LogP contribution in [0.5, 0.6) is 23.0 Å². The lowest BCUT2D eigenvalue weighted by Gasteiger charge is -2.14. The minimum atomic E-state index is -0.0821. The molecule has 0 bridgehead atoms. The van der Waals surface area contributed by atoms with Crippen LogP contribution >= 0.6 is 0 Å². The maximum atomic E-state index is 12.6. The molecule has 0 heterocycles. The van der Waals surface area contributed by atoms with Crippen molar-refractivity contribution in [3.05, 3.63) is 96.1 Å². The number of amides is 1. The molecule has 6 nitrogen and oxygen atoms in total. The van der Waals surface area contributed by atoms with E-state index in [1.807, 2.05) is 24.3 Å². The van der Waals surface area contributed by atoms with Gasteiger partial charge in [0.05, 0.1) is 34.9 Å². The summed E-state index contributed by atoms with van der Waals surface area (Å²) < 4.78 is 21.8. The Hall–Kier alpha value is -4.45. The topological polar surface area (TPSA) is 66.0 Å². The molecular formula is C32H33NO5. The first kappa shape index (κ1) is 26.6. The molecule has 0 aliphatic heterocycles. The minimum absolute atomic E-state index is 0.0821. The number of nitrogens with one attached hydrogen (secondary N) is 1. The second-order valence-corrected chi connectivity index (χ2v) is 8.79. The molecule has 0 aliphatic rings. The van der Waals surface area contributed by atoms with Crippen molar-refractivity contribution in [1.82, 2.24) is 5.32 Å². The Labute approximate surface area is 224 Å². The van der Waals surface area contributed by atoms with E-state index in [0.717, 1.165) is 28.0 Å². The Bertz CT molecular complexity index is 1340. The van der Waals surface area contributed by atoms with Gasteiger partial charge < -0.3 is 24.3 Å². The molecule has 1 amide bonds. The second kappa shape index (κ2) is 12.7. The van der Waals surface area contributed by atoms with Gasteiger partial charge in [0, 0.05) is 12.1 Å². The molecule has 4 aromatic carbocycles. The third-order valence-corrected chi connectivity index (χ3v) is 6.39. The highest BCUT2D eigenvalue weighted by Gasteiger charge is 2.15. The summed E-state index contributed by atoms with van der Waals surface area (Å²) in [7, 11) is 6.34. The van der Waals surface area contributed by atoms with Crippen LogP contribution in [-0.4, -0.2) is 40.9 Å². The van der Waals surface area contributed by atoms with Crippen LogP contribution in [0.15, 0.2) is 84.9 Å². The number of rotatable bonds is 11. The van der Waals surface area contributed by atoms with E-state index >= 15 is 0 Å². The van der Waals surface area contributed by atoms with Crippen molar-refractivity contribution in [3.63, 3.8) is 0 Å². The van der Waals surface area contributed by atoms with Gasteiger partial charge in [-0.25, -0.2) is 0 Å². The van der Waals surface area contributed by atoms with Gasteiger partial charge in [0.25, 0.3) is 0 Å². The summed E-state index contributed by atoms with van der Waals surface area (Å²) in [6.07, 6.45) is 0.891. The number of hydrogen-bond acceptors (Lipinski definition) is 5. The predicted octanol–water partition coefficient (Wildman–Crippen LogP) is 5.96. The van der Waals surface area contributed by atoms with Crippen LogP contribution in [0.4, 0.5) is 0 Å². The van der Waals surface area contributed by atoms with Crippen molar-refractivity contribution < 1.29 is 23.7 Å². The molecule has 196 valence electrons. The summed E-state index contributed by atoms with van der Waals surface area (Å²) in [5.74, 6) is 2.27. The van der Waals surface area contributed by atoms with E-state index in [9.17, 15) is 4.79 Å². The van der Waals surface area contributed by atoms with E-state index in [-0.39, 0.29) is 12.3 Å². The van der Waals surface area contributed by atoms with Gasteiger partial charge >= 0.3 is 0 Å². The highest BCUT2D eigenvalue weighted by atomic mass is 16.5. The van der Waals surface area contributed by atoms with Gasteiger partial charge in [0.1, 0.15) is 5.75 Å². The molecule has 38 heavy (non-hydrogen) atoms. The maximum absolute atomic E-state index is 12.6. The third-order valence-electron chi connectivity index (χ3n) is 6.39. The van der Waals surface area contributed by atoms with Crippen LogP contribution in [0.2, 0.25) is 0 Å². The maximum Gasteiger partial charge on any atom is 0.224 e. The van der Waals surface area contributed by atoms with E-state index in [0.29, 0.717) is 30.2 Å². The highest BCUT2D eigenvalue weighted by Crippen LogP contribution is 2.38. The molecule has 0 radical (unpaired) electrons. The van der Waals surface area contributed by atoms with E-state index in [2.05, 4.69) is 53.8 Å². The zero-order chi connectivity index (χ0) is 26.9. The first-order valence-electron chi connectivity index (χ1n) is 12.4. The number of carbonyl (C=O) groups is 1. The number of carbonyl (C=O) groups excluding carboxylic acids is 1. The quantitative estimate of drug-likeness (QED) is 0.269. The van der Waals surface area contributed by atoms with Crippen LogP contribution in [0.25, 0.3) is 22.3 Å². The molecule has 4 aromatic rings. The minimum Gasteiger partial charge on any atom is -0.496 e. The van der Waals surface area contributed by atoms with Crippen molar-refractivity contribution in [1.29, 1.82) is 0 Å². The lowest BCUT2D eigenvalue weighted by atomic mass is 9.98. The summed E-state index contributed by atoms with van der Waals surface area (Å²) >= 11 is 0. The third kappa shape index (κ3) is 6.27. The Balaban J connectivity index is 1.37. The molecule has 0 fully saturated rings. The van der Waals surface area contributed by atoms with Crippen LogP contribution in [0, 0.1) is 0 Å². The molecule has 0 aromatic heterocycles. The lowest BCUT2D eigenvalue weighted by Crippen LogP contribution is -2.27. The van der Waals surface area contributed by atoms with Gasteiger partial charge in [-0.15, -0.1) is 0 Å². The fourth-order valence-electron chi connectivity index (χ4n) is 4.43. The lowest BCUT2D eigenvalue weighted by molar-refractivity contribution is -0.120. The van der Waals surface area contributed by atoms with E-state index in [1.54, 1.807) is 40.6 Å². The van der Waals surface area contributed by atoms with Crippen molar-refractivity contribution in [2.45, 2.75) is 12.8 Å². The molecule has 1 N–H and O–H groups in total. The fraction of sp³-hybridized carbons (Fsp3) is 0.219. The number of ether oxygens (including phenoxy) is 4. The molecule has 0 saturated heterocycles. The Kier molecular flexibility index (Phi) is 8.88. The van der Waals surface area contributed by atoms with E-state index in [1.165, 1.54) is 11.1 Å². The smallest absolute Gasteiger partial charge is 0.224 e. The number of hydrogen-bond donors (Lipinski definition) is 1. The molecule has 0 saturated carbocycles. The predicted molar refractivity (Wildman–Crippen MR) is 150 cm³/mol. The number of methoxy groups -OCH3 is 4. The SMILES string of the molecule is COc1cc(CCNC(=O)Cc2cc(OC)c(OC)c(OC)c2)ccc1-c1ccc(-c2ccccc2)cc1. The molecule has 0 atom stereocenters. The van der Waals surface area contributed by atoms with Gasteiger partial charge in [-0.05, 0) is 52.4 Å². The monoisotopic (exact) mass is 511 g/mol. The molecule has 0 spiro atoms. The van der Waals surface area contributed by atoms with Gasteiger partial charge in [0.15, 0.2) is 11.5 Å². The molecule has 4 rings (SSSR count). The summed E-state index contributed by atoms with van der Waals surface area (Å²) in [4.78, 5) is 12.6. The Morgan fingerprint density at radius 3 is 1.82 bits per heavy atom. The Morgan fingerprint density at radius 2 is 1.21 bits per heavy atom. The van der Waals surface area contributed by atoms with Crippen LogP contribution in [-0.2, 0) is 17.6 Å². The highest BCUT2D eigenvalue weighted by molar-refractivity contribution is 5.79. The van der Waals surface area contributed by atoms with Gasteiger partial charge in [-0.3, -0.25) is 4.79 Å². The second-order valence-electron chi connectivity index (χ2n) is 8.79. The zero-order valence-corrected chi connectivity index (χ0v) is 22.2. The average Bonchev–Trinajstić information content (AvgIpc) is 2.97. The van der Waals surface area contributed by atoms with Crippen molar-refractivity contribution >= 4 is 5.91 Å². The molecular weight excluding hydrogens is 478 g/mol. The number of benzene rings is 4. The van der Waals surface area contributed by atoms with Gasteiger partial charge in [-0.2, -0.15) is 0 Å². The largest absolute Gasteiger partial charge is 0.496 e. The zero-order valence-electron chi connectivity index (χ0n) is 22.2. The average molecular weight is 512 g/mol. The summed E-state index contributed by atoms with van der Waals surface area (Å²) in [5.41, 5.74) is 6.34. The standard InChI is InChI=1S/C32H33NO5/c1-35-28-18-22(10-15-27(28)26-13-11-25(12-14-26)24-8-6-5-7-9-24)16-17-33-31(34)21-23-19-29(36-2)32(38-4)30(20-23)37-3/h5-15,18-20H,16-17,21H2,1-4H3,(H,33,34). The van der Waals surface area contributed by atoms with Crippen molar-refractivity contribution in [3.8, 4) is 45.3 Å². The summed E-state index contributed by atoms with van der Waals surface area (Å²) in [6.45, 7) is 0.511.